The van der Waals surface area contributed by atoms with Crippen LogP contribution in [0.2, 0.25) is 0 Å². The van der Waals surface area contributed by atoms with Crippen molar-refractivity contribution in [2.45, 2.75) is 20.1 Å². The molecular formula is C14H13F2NO2. The zero-order chi connectivity index (χ0) is 13.8. The van der Waals surface area contributed by atoms with Gasteiger partial charge >= 0.3 is 0 Å². The smallest absolute Gasteiger partial charge is 0.143 e. The Morgan fingerprint density at radius 1 is 1.21 bits per heavy atom. The van der Waals surface area contributed by atoms with Gasteiger partial charge in [-0.05, 0) is 37.3 Å². The van der Waals surface area contributed by atoms with E-state index in [1.165, 1.54) is 0 Å². The Morgan fingerprint density at radius 3 is 2.74 bits per heavy atom. The number of hydrogen-bond donors (Lipinski definition) is 1. The molecule has 1 aromatic heterocycles. The summed E-state index contributed by atoms with van der Waals surface area (Å²) in [6, 6.07) is 6.54. The standard InChI is InChI=1S/C14H13F2NO2/c1-9-2-5-14(13(7-18)17-9)19-8-10-6-11(15)3-4-12(10)16/h2-6,18H,7-8H2,1H3. The summed E-state index contributed by atoms with van der Waals surface area (Å²) in [7, 11) is 0. The van der Waals surface area contributed by atoms with E-state index < -0.39 is 11.6 Å². The van der Waals surface area contributed by atoms with Crippen LogP contribution in [0, 0.1) is 18.6 Å². The summed E-state index contributed by atoms with van der Waals surface area (Å²) in [5.41, 5.74) is 1.23. The molecule has 0 unspecified atom stereocenters. The van der Waals surface area contributed by atoms with Gasteiger partial charge in [-0.1, -0.05) is 0 Å². The van der Waals surface area contributed by atoms with Crippen LogP contribution in [0.4, 0.5) is 8.78 Å². The van der Waals surface area contributed by atoms with Crippen molar-refractivity contribution in [2.75, 3.05) is 0 Å². The summed E-state index contributed by atoms with van der Waals surface area (Å²) in [6.45, 7) is 1.39. The van der Waals surface area contributed by atoms with Crippen LogP contribution in [0.1, 0.15) is 17.0 Å². The molecule has 1 N–H and O–H groups in total. The highest BCUT2D eigenvalue weighted by Gasteiger charge is 2.08. The third-order valence-electron chi connectivity index (χ3n) is 2.61. The van der Waals surface area contributed by atoms with E-state index in [0.29, 0.717) is 11.4 Å². The average molecular weight is 265 g/mol. The fraction of sp³-hybridized carbons (Fsp3) is 0.214. The van der Waals surface area contributed by atoms with Crippen LogP contribution in [0.15, 0.2) is 30.3 Å². The number of rotatable bonds is 4. The van der Waals surface area contributed by atoms with Gasteiger partial charge < -0.3 is 9.84 Å². The fourth-order valence-corrected chi connectivity index (χ4v) is 1.65. The Labute approximate surface area is 109 Å². The van der Waals surface area contributed by atoms with Crippen LogP contribution in [-0.2, 0) is 13.2 Å². The van der Waals surface area contributed by atoms with Crippen molar-refractivity contribution in [1.82, 2.24) is 4.98 Å². The van der Waals surface area contributed by atoms with Gasteiger partial charge in [0, 0.05) is 11.3 Å². The molecule has 0 radical (unpaired) electrons. The summed E-state index contributed by atoms with van der Waals surface area (Å²) in [6.07, 6.45) is 0. The van der Waals surface area contributed by atoms with Crippen molar-refractivity contribution in [3.8, 4) is 5.75 Å². The van der Waals surface area contributed by atoms with Crippen molar-refractivity contribution in [3.05, 3.63) is 58.9 Å². The predicted molar refractivity (Wildman–Crippen MR) is 65.6 cm³/mol. The topological polar surface area (TPSA) is 42.4 Å². The lowest BCUT2D eigenvalue weighted by molar-refractivity contribution is 0.251. The molecular weight excluding hydrogens is 252 g/mol. The Bertz CT molecular complexity index is 588. The summed E-state index contributed by atoms with van der Waals surface area (Å²) in [5.74, 6) is -0.701. The van der Waals surface area contributed by atoms with E-state index in [1.807, 2.05) is 0 Å². The third kappa shape index (κ3) is 3.26. The van der Waals surface area contributed by atoms with Gasteiger partial charge in [-0.25, -0.2) is 8.78 Å². The zero-order valence-corrected chi connectivity index (χ0v) is 10.4. The molecule has 0 saturated heterocycles. The van der Waals surface area contributed by atoms with E-state index in [2.05, 4.69) is 4.98 Å². The van der Waals surface area contributed by atoms with Gasteiger partial charge in [-0.3, -0.25) is 4.98 Å². The first kappa shape index (κ1) is 13.4. The number of pyridine rings is 1. The van der Waals surface area contributed by atoms with Gasteiger partial charge in [0.25, 0.3) is 0 Å². The Hall–Kier alpha value is -2.01. The summed E-state index contributed by atoms with van der Waals surface area (Å²) in [4.78, 5) is 4.10. The highest BCUT2D eigenvalue weighted by molar-refractivity contribution is 5.29. The van der Waals surface area contributed by atoms with E-state index in [0.717, 1.165) is 23.9 Å². The monoisotopic (exact) mass is 265 g/mol. The second-order valence-corrected chi connectivity index (χ2v) is 4.08. The molecule has 100 valence electrons. The molecule has 0 aliphatic carbocycles. The first-order valence-electron chi connectivity index (χ1n) is 5.74. The first-order chi connectivity index (χ1) is 9.10. The molecule has 0 fully saturated rings. The van der Waals surface area contributed by atoms with Crippen LogP contribution in [0.5, 0.6) is 5.75 Å². The molecule has 0 amide bonds. The third-order valence-corrected chi connectivity index (χ3v) is 2.61. The number of benzene rings is 1. The minimum absolute atomic E-state index is 0.115. The average Bonchev–Trinajstić information content (AvgIpc) is 2.40. The molecule has 2 rings (SSSR count). The minimum atomic E-state index is -0.535. The maximum absolute atomic E-state index is 13.4. The van der Waals surface area contributed by atoms with Crippen molar-refractivity contribution >= 4 is 0 Å². The molecule has 0 atom stereocenters. The quantitative estimate of drug-likeness (QED) is 0.924. The largest absolute Gasteiger partial charge is 0.487 e. The van der Waals surface area contributed by atoms with Gasteiger partial charge in [0.15, 0.2) is 0 Å². The number of halogens is 2. The van der Waals surface area contributed by atoms with Crippen LogP contribution >= 0.6 is 0 Å². The van der Waals surface area contributed by atoms with Crippen LogP contribution < -0.4 is 4.74 Å². The molecule has 1 aromatic carbocycles. The summed E-state index contributed by atoms with van der Waals surface area (Å²) >= 11 is 0. The lowest BCUT2D eigenvalue weighted by Crippen LogP contribution is -2.03. The van der Waals surface area contributed by atoms with E-state index in [1.54, 1.807) is 19.1 Å². The molecule has 3 nitrogen and oxygen atoms in total. The number of ether oxygens (including phenoxy) is 1. The highest BCUT2D eigenvalue weighted by atomic mass is 19.1. The van der Waals surface area contributed by atoms with E-state index in [-0.39, 0.29) is 18.8 Å². The summed E-state index contributed by atoms with van der Waals surface area (Å²) < 4.78 is 31.8. The van der Waals surface area contributed by atoms with E-state index >= 15 is 0 Å². The second-order valence-electron chi connectivity index (χ2n) is 4.08. The fourth-order valence-electron chi connectivity index (χ4n) is 1.65. The number of hydrogen-bond acceptors (Lipinski definition) is 3. The molecule has 19 heavy (non-hydrogen) atoms. The highest BCUT2D eigenvalue weighted by Crippen LogP contribution is 2.19. The molecule has 0 bridgehead atoms. The number of aliphatic hydroxyl groups excluding tert-OH is 1. The van der Waals surface area contributed by atoms with Crippen LogP contribution in [-0.4, -0.2) is 10.1 Å². The number of aryl methyl sites for hydroxylation is 1. The predicted octanol–water partition coefficient (Wildman–Crippen LogP) is 2.74. The van der Waals surface area contributed by atoms with Crippen molar-refractivity contribution in [1.29, 1.82) is 0 Å². The van der Waals surface area contributed by atoms with Crippen molar-refractivity contribution in [3.63, 3.8) is 0 Å². The number of aliphatic hydroxyl groups is 1. The number of nitrogens with zero attached hydrogens (tertiary/aromatic N) is 1. The maximum Gasteiger partial charge on any atom is 0.143 e. The SMILES string of the molecule is Cc1ccc(OCc2cc(F)ccc2F)c(CO)n1. The Morgan fingerprint density at radius 2 is 2.00 bits per heavy atom. The molecule has 0 aliphatic rings. The van der Waals surface area contributed by atoms with Gasteiger partial charge in [-0.15, -0.1) is 0 Å². The molecule has 2 aromatic rings. The minimum Gasteiger partial charge on any atom is -0.487 e. The van der Waals surface area contributed by atoms with Gasteiger partial charge in [0.2, 0.25) is 0 Å². The maximum atomic E-state index is 13.4. The van der Waals surface area contributed by atoms with Gasteiger partial charge in [0.05, 0.1) is 6.61 Å². The Balaban J connectivity index is 2.16. The lowest BCUT2D eigenvalue weighted by Gasteiger charge is -2.10. The lowest BCUT2D eigenvalue weighted by atomic mass is 10.2. The number of aromatic nitrogens is 1. The van der Waals surface area contributed by atoms with Crippen LogP contribution in [0.3, 0.4) is 0 Å². The second kappa shape index (κ2) is 5.75. The summed E-state index contributed by atoms with van der Waals surface area (Å²) in [5, 5.41) is 9.16. The zero-order valence-electron chi connectivity index (χ0n) is 10.4. The van der Waals surface area contributed by atoms with Crippen molar-refractivity contribution < 1.29 is 18.6 Å². The first-order valence-corrected chi connectivity index (χ1v) is 5.74. The molecule has 1 heterocycles. The Kier molecular flexibility index (Phi) is 4.06. The van der Waals surface area contributed by atoms with E-state index in [4.69, 9.17) is 9.84 Å². The molecule has 0 spiro atoms. The van der Waals surface area contributed by atoms with Crippen LogP contribution in [0.25, 0.3) is 0 Å². The normalized spacial score (nSPS) is 10.5. The van der Waals surface area contributed by atoms with Crippen molar-refractivity contribution in [2.24, 2.45) is 0 Å². The van der Waals surface area contributed by atoms with E-state index in [9.17, 15) is 8.78 Å². The van der Waals surface area contributed by atoms with Gasteiger partial charge in [0.1, 0.15) is 29.7 Å². The molecule has 0 aliphatic heterocycles. The molecule has 5 heteroatoms. The molecule has 0 saturated carbocycles. The van der Waals surface area contributed by atoms with Gasteiger partial charge in [-0.2, -0.15) is 0 Å².